The Morgan fingerprint density at radius 1 is 1.34 bits per heavy atom. The first-order chi connectivity index (χ1) is 13.7. The highest BCUT2D eigenvalue weighted by Crippen LogP contribution is 2.22. The summed E-state index contributed by atoms with van der Waals surface area (Å²) in [7, 11) is 1.78. The van der Waals surface area contributed by atoms with Crippen molar-refractivity contribution in [3.05, 3.63) is 45.4 Å². The number of halogens is 1. The summed E-state index contributed by atoms with van der Waals surface area (Å²) < 4.78 is 11.6. The first-order valence-electron chi connectivity index (χ1n) is 9.86. The molecule has 1 saturated heterocycles. The summed E-state index contributed by atoms with van der Waals surface area (Å²) in [6.45, 7) is 7.89. The molecule has 8 heteroatoms. The van der Waals surface area contributed by atoms with E-state index in [2.05, 4.69) is 52.7 Å². The third-order valence-electron chi connectivity index (χ3n) is 4.75. The molecule has 1 aromatic carbocycles. The normalized spacial score (nSPS) is 16.4. The second kappa shape index (κ2) is 12.3. The number of thiazole rings is 1. The number of guanidine groups is 1. The van der Waals surface area contributed by atoms with E-state index in [1.54, 1.807) is 18.4 Å². The molecule has 160 valence electrons. The average molecular weight is 530 g/mol. The Bertz CT molecular complexity index is 791. The molecule has 1 atom stereocenters. The Balaban J connectivity index is 0.00000300. The maximum atomic E-state index is 6.12. The van der Waals surface area contributed by atoms with Crippen molar-refractivity contribution >= 4 is 41.3 Å². The van der Waals surface area contributed by atoms with Crippen molar-refractivity contribution in [2.24, 2.45) is 10.9 Å². The maximum absolute atomic E-state index is 6.12. The minimum atomic E-state index is 0. The molecule has 0 spiro atoms. The van der Waals surface area contributed by atoms with Gasteiger partial charge in [-0.3, -0.25) is 4.99 Å². The minimum Gasteiger partial charge on any atom is -0.493 e. The second-order valence-electron chi connectivity index (χ2n) is 7.00. The van der Waals surface area contributed by atoms with Crippen molar-refractivity contribution in [3.8, 4) is 5.75 Å². The molecule has 1 unspecified atom stereocenters. The maximum Gasteiger partial charge on any atom is 0.191 e. The number of aromatic nitrogens is 1. The lowest BCUT2D eigenvalue weighted by Gasteiger charge is -2.16. The van der Waals surface area contributed by atoms with Crippen molar-refractivity contribution < 1.29 is 9.47 Å². The molecular formula is C21H31IN4O2S. The Labute approximate surface area is 194 Å². The van der Waals surface area contributed by atoms with E-state index < -0.39 is 0 Å². The van der Waals surface area contributed by atoms with Crippen molar-refractivity contribution in [1.29, 1.82) is 0 Å². The van der Waals surface area contributed by atoms with Crippen LogP contribution < -0.4 is 15.4 Å². The van der Waals surface area contributed by atoms with Gasteiger partial charge in [0.15, 0.2) is 5.96 Å². The molecule has 3 rings (SSSR count). The number of aliphatic imine (C=N–C) groups is 1. The molecule has 1 aromatic heterocycles. The van der Waals surface area contributed by atoms with Gasteiger partial charge in [0, 0.05) is 42.8 Å². The van der Waals surface area contributed by atoms with Crippen molar-refractivity contribution in [1.82, 2.24) is 15.6 Å². The Morgan fingerprint density at radius 3 is 2.86 bits per heavy atom. The van der Waals surface area contributed by atoms with Gasteiger partial charge in [-0.05, 0) is 31.4 Å². The first-order valence-corrected chi connectivity index (χ1v) is 10.7. The zero-order chi connectivity index (χ0) is 19.8. The lowest BCUT2D eigenvalue weighted by atomic mass is 10.1. The number of nitrogens with one attached hydrogen (secondary N) is 2. The predicted molar refractivity (Wildman–Crippen MR) is 130 cm³/mol. The number of aryl methyl sites for hydroxylation is 2. The molecule has 0 aliphatic carbocycles. The van der Waals surface area contributed by atoms with Gasteiger partial charge in [-0.25, -0.2) is 4.98 Å². The van der Waals surface area contributed by atoms with Crippen molar-refractivity contribution in [3.63, 3.8) is 0 Å². The van der Waals surface area contributed by atoms with E-state index in [-0.39, 0.29) is 24.0 Å². The largest absolute Gasteiger partial charge is 0.493 e. The average Bonchev–Trinajstić information content (AvgIpc) is 3.39. The molecule has 1 fully saturated rings. The van der Waals surface area contributed by atoms with Crippen LogP contribution in [0.15, 0.2) is 29.4 Å². The van der Waals surface area contributed by atoms with Crippen LogP contribution in [0.1, 0.15) is 34.4 Å². The summed E-state index contributed by atoms with van der Waals surface area (Å²) in [5, 5.41) is 7.77. The first kappa shape index (κ1) is 23.9. The van der Waals surface area contributed by atoms with Gasteiger partial charge in [0.2, 0.25) is 0 Å². The van der Waals surface area contributed by atoms with Gasteiger partial charge >= 0.3 is 0 Å². The molecule has 1 aliphatic rings. The topological polar surface area (TPSA) is 67.8 Å². The molecule has 2 heterocycles. The fourth-order valence-electron chi connectivity index (χ4n) is 3.02. The van der Waals surface area contributed by atoms with E-state index in [1.165, 1.54) is 10.4 Å². The van der Waals surface area contributed by atoms with Crippen LogP contribution in [0.2, 0.25) is 0 Å². The highest BCUT2D eigenvalue weighted by atomic mass is 127. The van der Waals surface area contributed by atoms with Gasteiger partial charge in [-0.1, -0.05) is 19.1 Å². The summed E-state index contributed by atoms with van der Waals surface area (Å²) >= 11 is 1.74. The lowest BCUT2D eigenvalue weighted by molar-refractivity contribution is 0.166. The van der Waals surface area contributed by atoms with E-state index >= 15 is 0 Å². The Hall–Kier alpha value is -1.39. The second-order valence-corrected chi connectivity index (χ2v) is 8.20. The van der Waals surface area contributed by atoms with Crippen LogP contribution in [-0.2, 0) is 24.2 Å². The van der Waals surface area contributed by atoms with E-state index in [0.717, 1.165) is 48.3 Å². The van der Waals surface area contributed by atoms with Gasteiger partial charge in [0.25, 0.3) is 0 Å². The van der Waals surface area contributed by atoms with E-state index in [9.17, 15) is 0 Å². The van der Waals surface area contributed by atoms with E-state index in [4.69, 9.17) is 9.47 Å². The van der Waals surface area contributed by atoms with Gasteiger partial charge < -0.3 is 20.1 Å². The van der Waals surface area contributed by atoms with E-state index in [0.29, 0.717) is 25.6 Å². The molecule has 0 radical (unpaired) electrons. The third-order valence-corrected chi connectivity index (χ3v) is 5.89. The number of nitrogens with zero attached hydrogens (tertiary/aromatic N) is 2. The van der Waals surface area contributed by atoms with Gasteiger partial charge in [0.1, 0.15) is 10.8 Å². The van der Waals surface area contributed by atoms with E-state index in [1.807, 2.05) is 6.20 Å². The minimum absolute atomic E-state index is 0. The standard InChI is InChI=1S/C21H30N4O2S.HI/c1-4-18-11-23-20(28-18)12-25-21(22-3)24-10-17-6-5-15(2)9-19(17)27-14-16-7-8-26-13-16;/h5-6,9,11,16H,4,7-8,10,12-14H2,1-3H3,(H2,22,24,25);1H. The van der Waals surface area contributed by atoms with Crippen molar-refractivity contribution in [2.75, 3.05) is 26.9 Å². The summed E-state index contributed by atoms with van der Waals surface area (Å²) in [5.41, 5.74) is 2.31. The zero-order valence-corrected chi connectivity index (χ0v) is 20.5. The predicted octanol–water partition coefficient (Wildman–Crippen LogP) is 3.91. The number of benzene rings is 1. The molecule has 0 amide bonds. The van der Waals surface area contributed by atoms with Gasteiger partial charge in [-0.2, -0.15) is 0 Å². The Morgan fingerprint density at radius 2 is 2.17 bits per heavy atom. The highest BCUT2D eigenvalue weighted by Gasteiger charge is 2.17. The van der Waals surface area contributed by atoms with Crippen LogP contribution in [0.4, 0.5) is 0 Å². The van der Waals surface area contributed by atoms with Gasteiger partial charge in [0.05, 0.1) is 19.8 Å². The highest BCUT2D eigenvalue weighted by molar-refractivity contribution is 14.0. The molecule has 0 saturated carbocycles. The van der Waals surface area contributed by atoms with Crippen LogP contribution in [0.25, 0.3) is 0 Å². The van der Waals surface area contributed by atoms with Crippen molar-refractivity contribution in [2.45, 2.75) is 39.8 Å². The fourth-order valence-corrected chi connectivity index (χ4v) is 3.82. The number of ether oxygens (including phenoxy) is 2. The third kappa shape index (κ3) is 7.42. The molecular weight excluding hydrogens is 499 g/mol. The van der Waals surface area contributed by atoms with Gasteiger partial charge in [-0.15, -0.1) is 35.3 Å². The van der Waals surface area contributed by atoms with Crippen LogP contribution in [-0.4, -0.2) is 37.8 Å². The summed E-state index contributed by atoms with van der Waals surface area (Å²) in [5.74, 6) is 2.17. The molecule has 0 bridgehead atoms. The lowest BCUT2D eigenvalue weighted by Crippen LogP contribution is -2.36. The number of hydrogen-bond donors (Lipinski definition) is 2. The van der Waals surface area contributed by atoms with Crippen LogP contribution in [0.5, 0.6) is 5.75 Å². The number of hydrogen-bond acceptors (Lipinski definition) is 5. The monoisotopic (exact) mass is 530 g/mol. The number of rotatable bonds is 8. The van der Waals surface area contributed by atoms with Crippen LogP contribution in [0.3, 0.4) is 0 Å². The summed E-state index contributed by atoms with van der Waals surface area (Å²) in [6.07, 6.45) is 4.05. The van der Waals surface area contributed by atoms with Crippen LogP contribution >= 0.6 is 35.3 Å². The SMILES string of the molecule is CCc1cnc(CNC(=NC)NCc2ccc(C)cc2OCC2CCOC2)s1.I. The quantitative estimate of drug-likeness (QED) is 0.308. The molecule has 2 aromatic rings. The summed E-state index contributed by atoms with van der Waals surface area (Å²) in [6, 6.07) is 6.33. The van der Waals surface area contributed by atoms with Crippen LogP contribution in [0, 0.1) is 12.8 Å². The Kier molecular flexibility index (Phi) is 10.2. The fraction of sp³-hybridized carbons (Fsp3) is 0.524. The smallest absolute Gasteiger partial charge is 0.191 e. The zero-order valence-electron chi connectivity index (χ0n) is 17.4. The summed E-state index contributed by atoms with van der Waals surface area (Å²) in [4.78, 5) is 10.1. The molecule has 6 nitrogen and oxygen atoms in total. The molecule has 2 N–H and O–H groups in total. The molecule has 1 aliphatic heterocycles. The molecule has 29 heavy (non-hydrogen) atoms.